The molecule has 1 rings (SSSR count). The molecule has 1 N–H and O–H groups in total. The number of carboxylic acid groups (broad SMARTS) is 1. The van der Waals surface area contributed by atoms with E-state index in [-0.39, 0.29) is 5.92 Å². The monoisotopic (exact) mass is 195 g/mol. The first-order valence-electron chi connectivity index (χ1n) is 4.89. The van der Waals surface area contributed by atoms with Crippen LogP contribution in [0.25, 0.3) is 0 Å². The molecule has 1 heterocycles. The highest BCUT2D eigenvalue weighted by Gasteiger charge is 2.23. The highest BCUT2D eigenvalue weighted by atomic mass is 16.4. The van der Waals surface area contributed by atoms with Gasteiger partial charge in [0, 0.05) is 6.54 Å². The quantitative estimate of drug-likeness (QED) is 0.691. The van der Waals surface area contributed by atoms with Crippen LogP contribution < -0.4 is 0 Å². The maximum atomic E-state index is 10.7. The Kier molecular flexibility index (Phi) is 3.89. The largest absolute Gasteiger partial charge is 0.481 e. The first-order chi connectivity index (χ1) is 6.63. The van der Waals surface area contributed by atoms with Crippen molar-refractivity contribution in [1.82, 2.24) is 4.90 Å². The summed E-state index contributed by atoms with van der Waals surface area (Å²) in [5.74, 6) is -0.810. The molecule has 1 aliphatic rings. The summed E-state index contributed by atoms with van der Waals surface area (Å²) in [6, 6.07) is 0. The summed E-state index contributed by atoms with van der Waals surface area (Å²) in [6.07, 6.45) is 3.25. The molecule has 0 aromatic heterocycles. The SMILES string of the molecule is C=CC(=C)CN1CCC(C(=O)O)CC1. The van der Waals surface area contributed by atoms with E-state index in [2.05, 4.69) is 18.1 Å². The van der Waals surface area contributed by atoms with Crippen molar-refractivity contribution in [1.29, 1.82) is 0 Å². The van der Waals surface area contributed by atoms with Crippen LogP contribution in [0.3, 0.4) is 0 Å². The van der Waals surface area contributed by atoms with Crippen LogP contribution in [-0.4, -0.2) is 35.6 Å². The van der Waals surface area contributed by atoms with E-state index in [0.29, 0.717) is 0 Å². The first-order valence-corrected chi connectivity index (χ1v) is 4.89. The number of aliphatic carboxylic acids is 1. The second kappa shape index (κ2) is 4.96. The summed E-state index contributed by atoms with van der Waals surface area (Å²) >= 11 is 0. The van der Waals surface area contributed by atoms with E-state index in [1.165, 1.54) is 0 Å². The number of hydrogen-bond acceptors (Lipinski definition) is 2. The zero-order valence-corrected chi connectivity index (χ0v) is 8.41. The maximum absolute atomic E-state index is 10.7. The lowest BCUT2D eigenvalue weighted by Gasteiger charge is -2.29. The lowest BCUT2D eigenvalue weighted by Crippen LogP contribution is -2.37. The third-order valence-corrected chi connectivity index (χ3v) is 2.65. The summed E-state index contributed by atoms with van der Waals surface area (Å²) in [5, 5.41) is 8.80. The number of carboxylic acids is 1. The van der Waals surface area contributed by atoms with Gasteiger partial charge in [-0.3, -0.25) is 9.69 Å². The molecule has 1 aliphatic heterocycles. The van der Waals surface area contributed by atoms with Gasteiger partial charge in [-0.25, -0.2) is 0 Å². The van der Waals surface area contributed by atoms with E-state index in [9.17, 15) is 4.79 Å². The minimum atomic E-state index is -0.660. The Bertz CT molecular complexity index is 240. The normalized spacial score (nSPS) is 19.1. The van der Waals surface area contributed by atoms with E-state index >= 15 is 0 Å². The van der Waals surface area contributed by atoms with Crippen molar-refractivity contribution in [3.05, 3.63) is 24.8 Å². The van der Waals surface area contributed by atoms with E-state index in [1.807, 2.05) is 0 Å². The van der Waals surface area contributed by atoms with Crippen LogP contribution in [0.2, 0.25) is 0 Å². The van der Waals surface area contributed by atoms with Crippen molar-refractivity contribution < 1.29 is 9.90 Å². The fourth-order valence-electron chi connectivity index (χ4n) is 1.69. The van der Waals surface area contributed by atoms with Gasteiger partial charge in [-0.1, -0.05) is 19.2 Å². The molecule has 0 amide bonds. The second-order valence-corrected chi connectivity index (χ2v) is 3.75. The molecule has 78 valence electrons. The Morgan fingerprint density at radius 2 is 2.07 bits per heavy atom. The van der Waals surface area contributed by atoms with Gasteiger partial charge in [0.25, 0.3) is 0 Å². The van der Waals surface area contributed by atoms with Crippen LogP contribution in [0.5, 0.6) is 0 Å². The molecule has 0 unspecified atom stereocenters. The molecule has 0 radical (unpaired) electrons. The number of likely N-dealkylation sites (tertiary alicyclic amines) is 1. The van der Waals surface area contributed by atoms with E-state index in [1.54, 1.807) is 6.08 Å². The predicted octanol–water partition coefficient (Wildman–Crippen LogP) is 1.53. The van der Waals surface area contributed by atoms with Crippen LogP contribution in [0.4, 0.5) is 0 Å². The van der Waals surface area contributed by atoms with Crippen molar-refractivity contribution in [3.63, 3.8) is 0 Å². The zero-order chi connectivity index (χ0) is 10.6. The number of hydrogen-bond donors (Lipinski definition) is 1. The van der Waals surface area contributed by atoms with Crippen molar-refractivity contribution in [2.24, 2.45) is 5.92 Å². The first kappa shape index (κ1) is 11.0. The van der Waals surface area contributed by atoms with Crippen LogP contribution >= 0.6 is 0 Å². The molecule has 1 fully saturated rings. The van der Waals surface area contributed by atoms with Crippen LogP contribution in [0.1, 0.15) is 12.8 Å². The molecule has 3 nitrogen and oxygen atoms in total. The van der Waals surface area contributed by atoms with Gasteiger partial charge in [0.05, 0.1) is 5.92 Å². The molecule has 1 saturated heterocycles. The van der Waals surface area contributed by atoms with E-state index in [4.69, 9.17) is 5.11 Å². The highest BCUT2D eigenvalue weighted by Crippen LogP contribution is 2.17. The summed E-state index contributed by atoms with van der Waals surface area (Å²) in [6.45, 7) is 10.0. The Hall–Kier alpha value is -1.09. The minimum Gasteiger partial charge on any atom is -0.481 e. The smallest absolute Gasteiger partial charge is 0.306 e. The van der Waals surface area contributed by atoms with Crippen molar-refractivity contribution >= 4 is 5.97 Å². The fraction of sp³-hybridized carbons (Fsp3) is 0.545. The highest BCUT2D eigenvalue weighted by molar-refractivity contribution is 5.70. The number of carbonyl (C=O) groups is 1. The third-order valence-electron chi connectivity index (χ3n) is 2.65. The predicted molar refractivity (Wildman–Crippen MR) is 56.1 cm³/mol. The van der Waals surface area contributed by atoms with Gasteiger partial charge in [-0.05, 0) is 31.5 Å². The molecule has 14 heavy (non-hydrogen) atoms. The summed E-state index contributed by atoms with van der Waals surface area (Å²) < 4.78 is 0. The zero-order valence-electron chi connectivity index (χ0n) is 8.41. The Labute approximate surface area is 84.7 Å². The lowest BCUT2D eigenvalue weighted by molar-refractivity contribution is -0.143. The van der Waals surface area contributed by atoms with Crippen molar-refractivity contribution in [2.45, 2.75) is 12.8 Å². The molecule has 0 spiro atoms. The molecule has 0 bridgehead atoms. The van der Waals surface area contributed by atoms with Crippen LogP contribution in [-0.2, 0) is 4.79 Å². The van der Waals surface area contributed by atoms with Gasteiger partial charge in [0.1, 0.15) is 0 Å². The average Bonchev–Trinajstić information content (AvgIpc) is 2.18. The minimum absolute atomic E-state index is 0.150. The van der Waals surface area contributed by atoms with Gasteiger partial charge in [0.2, 0.25) is 0 Å². The average molecular weight is 195 g/mol. The molecule has 0 saturated carbocycles. The molecule has 0 aromatic carbocycles. The van der Waals surface area contributed by atoms with Crippen LogP contribution in [0, 0.1) is 5.92 Å². The fourth-order valence-corrected chi connectivity index (χ4v) is 1.69. The van der Waals surface area contributed by atoms with Gasteiger partial charge in [-0.2, -0.15) is 0 Å². The van der Waals surface area contributed by atoms with Crippen LogP contribution in [0.15, 0.2) is 24.8 Å². The molecule has 0 aliphatic carbocycles. The second-order valence-electron chi connectivity index (χ2n) is 3.75. The summed E-state index contributed by atoms with van der Waals surface area (Å²) in [5.41, 5.74) is 0.999. The molecule has 0 atom stereocenters. The molecular formula is C11H17NO2. The number of rotatable bonds is 4. The van der Waals surface area contributed by atoms with Gasteiger partial charge >= 0.3 is 5.97 Å². The summed E-state index contributed by atoms with van der Waals surface area (Å²) in [4.78, 5) is 12.9. The molecule has 0 aromatic rings. The van der Waals surface area contributed by atoms with Crippen molar-refractivity contribution in [3.8, 4) is 0 Å². The standard InChI is InChI=1S/C11H17NO2/c1-3-9(2)8-12-6-4-10(5-7-12)11(13)14/h3,10H,1-2,4-8H2,(H,13,14). The Morgan fingerprint density at radius 1 is 1.50 bits per heavy atom. The number of piperidine rings is 1. The maximum Gasteiger partial charge on any atom is 0.306 e. The van der Waals surface area contributed by atoms with Gasteiger partial charge in [0.15, 0.2) is 0 Å². The Balaban J connectivity index is 2.32. The molecular weight excluding hydrogens is 178 g/mol. The molecule has 3 heteroatoms. The van der Waals surface area contributed by atoms with Gasteiger partial charge in [-0.15, -0.1) is 0 Å². The van der Waals surface area contributed by atoms with E-state index in [0.717, 1.165) is 38.0 Å². The van der Waals surface area contributed by atoms with Crippen molar-refractivity contribution in [2.75, 3.05) is 19.6 Å². The lowest BCUT2D eigenvalue weighted by atomic mass is 9.97. The third kappa shape index (κ3) is 3.00. The van der Waals surface area contributed by atoms with E-state index < -0.39 is 5.97 Å². The van der Waals surface area contributed by atoms with Gasteiger partial charge < -0.3 is 5.11 Å². The summed E-state index contributed by atoms with van der Waals surface area (Å²) in [7, 11) is 0. The Morgan fingerprint density at radius 3 is 2.50 bits per heavy atom. The topological polar surface area (TPSA) is 40.5 Å². The number of nitrogens with zero attached hydrogens (tertiary/aromatic N) is 1.